The summed E-state index contributed by atoms with van der Waals surface area (Å²) in [5, 5.41) is 6.11. The summed E-state index contributed by atoms with van der Waals surface area (Å²) in [6.45, 7) is 0.616. The number of hydrogen-bond acceptors (Lipinski definition) is 4. The Morgan fingerprint density at radius 1 is 1.37 bits per heavy atom. The lowest BCUT2D eigenvalue weighted by Crippen LogP contribution is -2.12. The first-order valence-corrected chi connectivity index (χ1v) is 7.41. The van der Waals surface area contributed by atoms with E-state index in [-0.39, 0.29) is 4.90 Å². The minimum Gasteiger partial charge on any atom is -0.330 e. The lowest BCUT2D eigenvalue weighted by molar-refractivity contribution is 0.601. The molecular formula is C12H16N4O2S. The van der Waals surface area contributed by atoms with Crippen LogP contribution in [0.25, 0.3) is 0 Å². The molecule has 1 aromatic carbocycles. The van der Waals surface area contributed by atoms with Crippen molar-refractivity contribution >= 4 is 15.7 Å². The predicted molar refractivity (Wildman–Crippen MR) is 73.2 cm³/mol. The first-order valence-electron chi connectivity index (χ1n) is 5.92. The lowest BCUT2D eigenvalue weighted by Gasteiger charge is -2.08. The molecule has 2 rings (SSSR count). The first kappa shape index (κ1) is 13.6. The van der Waals surface area contributed by atoms with Crippen molar-refractivity contribution in [3.63, 3.8) is 0 Å². The molecule has 0 unspecified atom stereocenters. The highest BCUT2D eigenvalue weighted by Crippen LogP contribution is 2.16. The van der Waals surface area contributed by atoms with Gasteiger partial charge in [-0.05, 0) is 37.1 Å². The van der Waals surface area contributed by atoms with E-state index in [0.717, 1.165) is 18.4 Å². The largest absolute Gasteiger partial charge is 0.330 e. The standard InChI is InChI=1S/C12H16N4O2S/c13-6-2-4-10-3-1-5-11(7-10)16-19(17,18)12-8-14-15-9-12/h1,3,5,7-9,16H,2,4,6,13H2,(H,14,15). The Labute approximate surface area is 112 Å². The summed E-state index contributed by atoms with van der Waals surface area (Å²) in [7, 11) is -3.58. The minimum absolute atomic E-state index is 0.111. The van der Waals surface area contributed by atoms with Crippen LogP contribution in [0.2, 0.25) is 0 Å². The van der Waals surface area contributed by atoms with Gasteiger partial charge in [-0.25, -0.2) is 8.42 Å². The average molecular weight is 280 g/mol. The van der Waals surface area contributed by atoms with Gasteiger partial charge in [0.25, 0.3) is 10.0 Å². The van der Waals surface area contributed by atoms with Crippen molar-refractivity contribution in [3.8, 4) is 0 Å². The number of nitrogens with one attached hydrogen (secondary N) is 2. The van der Waals surface area contributed by atoms with E-state index in [2.05, 4.69) is 14.9 Å². The molecule has 0 bridgehead atoms. The molecule has 2 aromatic rings. The number of sulfonamides is 1. The lowest BCUT2D eigenvalue weighted by atomic mass is 10.1. The van der Waals surface area contributed by atoms with Gasteiger partial charge in [0.05, 0.1) is 6.20 Å². The van der Waals surface area contributed by atoms with Crippen LogP contribution in [0.4, 0.5) is 5.69 Å². The summed E-state index contributed by atoms with van der Waals surface area (Å²) in [4.78, 5) is 0.111. The molecule has 7 heteroatoms. The van der Waals surface area contributed by atoms with Crippen LogP contribution in [-0.4, -0.2) is 25.2 Å². The van der Waals surface area contributed by atoms with Crippen molar-refractivity contribution in [2.45, 2.75) is 17.7 Å². The Kier molecular flexibility index (Phi) is 4.18. The van der Waals surface area contributed by atoms with Gasteiger partial charge in [0.15, 0.2) is 0 Å². The quantitative estimate of drug-likeness (QED) is 0.737. The maximum atomic E-state index is 12.0. The van der Waals surface area contributed by atoms with Crippen molar-refractivity contribution in [1.29, 1.82) is 0 Å². The Balaban J connectivity index is 2.15. The average Bonchev–Trinajstić information content (AvgIpc) is 2.91. The number of nitrogens with zero attached hydrogens (tertiary/aromatic N) is 1. The minimum atomic E-state index is -3.58. The van der Waals surface area contributed by atoms with Crippen LogP contribution in [0.5, 0.6) is 0 Å². The number of nitrogens with two attached hydrogens (primary N) is 1. The molecule has 0 atom stereocenters. The highest BCUT2D eigenvalue weighted by Gasteiger charge is 2.15. The topological polar surface area (TPSA) is 101 Å². The van der Waals surface area contributed by atoms with E-state index in [1.165, 1.54) is 12.4 Å². The van der Waals surface area contributed by atoms with Crippen molar-refractivity contribution in [1.82, 2.24) is 10.2 Å². The van der Waals surface area contributed by atoms with Crippen LogP contribution >= 0.6 is 0 Å². The third-order valence-electron chi connectivity index (χ3n) is 2.63. The molecule has 0 spiro atoms. The van der Waals surface area contributed by atoms with Crippen molar-refractivity contribution < 1.29 is 8.42 Å². The van der Waals surface area contributed by atoms with E-state index in [0.29, 0.717) is 12.2 Å². The van der Waals surface area contributed by atoms with E-state index in [1.54, 1.807) is 6.07 Å². The summed E-state index contributed by atoms with van der Waals surface area (Å²) in [5.41, 5.74) is 7.05. The smallest absolute Gasteiger partial charge is 0.265 e. The molecule has 1 aromatic heterocycles. The van der Waals surface area contributed by atoms with Gasteiger partial charge >= 0.3 is 0 Å². The number of rotatable bonds is 6. The number of H-pyrrole nitrogens is 1. The zero-order valence-corrected chi connectivity index (χ0v) is 11.2. The molecule has 0 aliphatic carbocycles. The van der Waals surface area contributed by atoms with E-state index >= 15 is 0 Å². The fraction of sp³-hybridized carbons (Fsp3) is 0.250. The van der Waals surface area contributed by atoms with Gasteiger partial charge in [-0.1, -0.05) is 12.1 Å². The zero-order chi connectivity index (χ0) is 13.7. The van der Waals surface area contributed by atoms with Crippen molar-refractivity contribution in [2.75, 3.05) is 11.3 Å². The molecule has 1 heterocycles. The van der Waals surface area contributed by atoms with Crippen LogP contribution in [0, 0.1) is 0 Å². The third-order valence-corrected chi connectivity index (χ3v) is 3.98. The number of aromatic amines is 1. The molecule has 102 valence electrons. The summed E-state index contributed by atoms with van der Waals surface area (Å²) in [6.07, 6.45) is 4.30. The fourth-order valence-electron chi connectivity index (χ4n) is 1.70. The highest BCUT2D eigenvalue weighted by molar-refractivity contribution is 7.92. The fourth-order valence-corrected chi connectivity index (χ4v) is 2.65. The Hall–Kier alpha value is -1.86. The van der Waals surface area contributed by atoms with E-state index < -0.39 is 10.0 Å². The molecule has 0 saturated carbocycles. The van der Waals surface area contributed by atoms with Gasteiger partial charge in [-0.2, -0.15) is 5.10 Å². The Bertz CT molecular complexity index is 623. The van der Waals surface area contributed by atoms with Crippen LogP contribution in [0.3, 0.4) is 0 Å². The summed E-state index contributed by atoms with van der Waals surface area (Å²) in [5.74, 6) is 0. The number of anilines is 1. The molecule has 0 aliphatic rings. The third kappa shape index (κ3) is 3.55. The van der Waals surface area contributed by atoms with Gasteiger partial charge in [0.2, 0.25) is 0 Å². The number of aromatic nitrogens is 2. The molecule has 0 fully saturated rings. The predicted octanol–water partition coefficient (Wildman–Crippen LogP) is 1.10. The molecular weight excluding hydrogens is 264 g/mol. The Morgan fingerprint density at radius 2 is 2.21 bits per heavy atom. The SMILES string of the molecule is NCCCc1cccc(NS(=O)(=O)c2cn[nH]c2)c1. The Morgan fingerprint density at radius 3 is 2.89 bits per heavy atom. The van der Waals surface area contributed by atoms with E-state index in [9.17, 15) is 8.42 Å². The van der Waals surface area contributed by atoms with Crippen molar-refractivity contribution in [2.24, 2.45) is 5.73 Å². The number of hydrogen-bond donors (Lipinski definition) is 3. The molecule has 0 amide bonds. The van der Waals surface area contributed by atoms with E-state index in [4.69, 9.17) is 5.73 Å². The van der Waals surface area contributed by atoms with E-state index in [1.807, 2.05) is 18.2 Å². The van der Waals surface area contributed by atoms with Gasteiger partial charge in [-0.3, -0.25) is 9.82 Å². The summed E-state index contributed by atoms with van der Waals surface area (Å²) >= 11 is 0. The number of aryl methyl sites for hydroxylation is 1. The van der Waals surface area contributed by atoms with Crippen LogP contribution in [0.15, 0.2) is 41.6 Å². The molecule has 0 radical (unpaired) electrons. The molecule has 0 aliphatic heterocycles. The second-order valence-electron chi connectivity index (χ2n) is 4.13. The van der Waals surface area contributed by atoms with Gasteiger partial charge < -0.3 is 5.73 Å². The van der Waals surface area contributed by atoms with Crippen LogP contribution < -0.4 is 10.5 Å². The normalized spacial score (nSPS) is 11.4. The maximum Gasteiger partial charge on any atom is 0.265 e. The zero-order valence-electron chi connectivity index (χ0n) is 10.3. The maximum absolute atomic E-state index is 12.0. The summed E-state index contributed by atoms with van der Waals surface area (Å²) < 4.78 is 26.5. The monoisotopic (exact) mass is 280 g/mol. The van der Waals surface area contributed by atoms with Gasteiger partial charge in [-0.15, -0.1) is 0 Å². The highest BCUT2D eigenvalue weighted by atomic mass is 32.2. The first-order chi connectivity index (χ1) is 9.12. The van der Waals surface area contributed by atoms with Crippen LogP contribution in [-0.2, 0) is 16.4 Å². The second-order valence-corrected chi connectivity index (χ2v) is 5.81. The molecule has 0 saturated heterocycles. The second kappa shape index (κ2) is 5.85. The molecule has 4 N–H and O–H groups in total. The summed E-state index contributed by atoms with van der Waals surface area (Å²) in [6, 6.07) is 7.29. The number of benzene rings is 1. The molecule has 19 heavy (non-hydrogen) atoms. The van der Waals surface area contributed by atoms with Gasteiger partial charge in [0, 0.05) is 11.9 Å². The molecule has 6 nitrogen and oxygen atoms in total. The van der Waals surface area contributed by atoms with Crippen molar-refractivity contribution in [3.05, 3.63) is 42.2 Å². The van der Waals surface area contributed by atoms with Gasteiger partial charge in [0.1, 0.15) is 4.90 Å². The van der Waals surface area contributed by atoms with Crippen LogP contribution in [0.1, 0.15) is 12.0 Å².